The zero-order valence-corrected chi connectivity index (χ0v) is 9.07. The van der Waals surface area contributed by atoms with E-state index in [0.717, 1.165) is 30.4 Å². The lowest BCUT2D eigenvalue weighted by atomic mass is 10.2. The van der Waals surface area contributed by atoms with E-state index in [1.807, 2.05) is 18.2 Å². The third-order valence-corrected chi connectivity index (χ3v) is 2.96. The Labute approximate surface area is 94.5 Å². The van der Waals surface area contributed by atoms with E-state index in [1.54, 1.807) is 0 Å². The van der Waals surface area contributed by atoms with E-state index < -0.39 is 0 Å². The van der Waals surface area contributed by atoms with Crippen LogP contribution >= 0.6 is 0 Å². The van der Waals surface area contributed by atoms with Crippen molar-refractivity contribution < 1.29 is 14.2 Å². The molecule has 16 heavy (non-hydrogen) atoms. The predicted molar refractivity (Wildman–Crippen MR) is 59.1 cm³/mol. The molecule has 1 saturated heterocycles. The number of benzene rings is 1. The highest BCUT2D eigenvalue weighted by Gasteiger charge is 2.16. The molecule has 4 nitrogen and oxygen atoms in total. The van der Waals surface area contributed by atoms with Gasteiger partial charge in [0.25, 0.3) is 0 Å². The van der Waals surface area contributed by atoms with Crippen molar-refractivity contribution in [2.45, 2.75) is 18.9 Å². The van der Waals surface area contributed by atoms with E-state index in [1.165, 1.54) is 12.8 Å². The Kier molecular flexibility index (Phi) is 2.58. The number of fused-ring (bicyclic) bond motifs is 1. The maximum absolute atomic E-state index is 5.72. The van der Waals surface area contributed by atoms with Crippen molar-refractivity contribution in [3.8, 4) is 17.2 Å². The maximum atomic E-state index is 5.72. The molecule has 0 saturated carbocycles. The van der Waals surface area contributed by atoms with Crippen molar-refractivity contribution in [3.63, 3.8) is 0 Å². The molecule has 1 unspecified atom stereocenters. The number of nitrogens with one attached hydrogen (secondary N) is 1. The minimum Gasteiger partial charge on any atom is -0.492 e. The first-order chi connectivity index (χ1) is 7.92. The molecule has 2 heterocycles. The van der Waals surface area contributed by atoms with Crippen LogP contribution in [-0.4, -0.2) is 26.0 Å². The molecule has 86 valence electrons. The van der Waals surface area contributed by atoms with E-state index in [0.29, 0.717) is 12.8 Å². The van der Waals surface area contributed by atoms with Gasteiger partial charge in [0.1, 0.15) is 12.4 Å². The van der Waals surface area contributed by atoms with Crippen LogP contribution < -0.4 is 19.5 Å². The first kappa shape index (κ1) is 9.78. The zero-order chi connectivity index (χ0) is 10.8. The lowest BCUT2D eigenvalue weighted by Crippen LogP contribution is -2.28. The Morgan fingerprint density at radius 3 is 3.12 bits per heavy atom. The SMILES string of the molecule is c1cc2c(cc1OCC1CCCN1)OCO2. The van der Waals surface area contributed by atoms with Gasteiger partial charge in [0.05, 0.1) is 0 Å². The third-order valence-electron chi connectivity index (χ3n) is 2.96. The molecule has 1 N–H and O–H groups in total. The van der Waals surface area contributed by atoms with Crippen molar-refractivity contribution in [1.82, 2.24) is 5.32 Å². The lowest BCUT2D eigenvalue weighted by Gasteiger charge is -2.12. The van der Waals surface area contributed by atoms with Crippen LogP contribution in [-0.2, 0) is 0 Å². The summed E-state index contributed by atoms with van der Waals surface area (Å²) in [6.07, 6.45) is 2.44. The summed E-state index contributed by atoms with van der Waals surface area (Å²) in [7, 11) is 0. The van der Waals surface area contributed by atoms with Crippen LogP contribution in [0.4, 0.5) is 0 Å². The predicted octanol–water partition coefficient (Wildman–Crippen LogP) is 1.55. The fourth-order valence-corrected chi connectivity index (χ4v) is 2.06. The minimum atomic E-state index is 0.308. The van der Waals surface area contributed by atoms with E-state index in [-0.39, 0.29) is 0 Å². The molecule has 0 aromatic heterocycles. The van der Waals surface area contributed by atoms with Gasteiger partial charge in [-0.1, -0.05) is 0 Å². The molecular weight excluding hydrogens is 206 g/mol. The first-order valence-corrected chi connectivity index (χ1v) is 5.68. The summed E-state index contributed by atoms with van der Waals surface area (Å²) in [6.45, 7) is 2.14. The van der Waals surface area contributed by atoms with Gasteiger partial charge in [-0.2, -0.15) is 0 Å². The van der Waals surface area contributed by atoms with Crippen molar-refractivity contribution in [1.29, 1.82) is 0 Å². The molecule has 4 heteroatoms. The quantitative estimate of drug-likeness (QED) is 0.840. The average molecular weight is 221 g/mol. The number of hydrogen-bond donors (Lipinski definition) is 1. The van der Waals surface area contributed by atoms with Crippen LogP contribution in [0.15, 0.2) is 18.2 Å². The summed E-state index contributed by atoms with van der Waals surface area (Å²) in [4.78, 5) is 0. The van der Waals surface area contributed by atoms with Gasteiger partial charge in [0.15, 0.2) is 11.5 Å². The Bertz CT molecular complexity index is 375. The molecule has 2 aliphatic heterocycles. The van der Waals surface area contributed by atoms with Crippen LogP contribution in [0.25, 0.3) is 0 Å². The summed E-state index contributed by atoms with van der Waals surface area (Å²) in [5.74, 6) is 2.42. The summed E-state index contributed by atoms with van der Waals surface area (Å²) in [5.41, 5.74) is 0. The van der Waals surface area contributed by atoms with Crippen LogP contribution in [0, 0.1) is 0 Å². The zero-order valence-electron chi connectivity index (χ0n) is 9.07. The van der Waals surface area contributed by atoms with Gasteiger partial charge in [-0.3, -0.25) is 0 Å². The summed E-state index contributed by atoms with van der Waals surface area (Å²) in [6, 6.07) is 6.19. The smallest absolute Gasteiger partial charge is 0.231 e. The highest BCUT2D eigenvalue weighted by Crippen LogP contribution is 2.35. The van der Waals surface area contributed by atoms with Crippen molar-refractivity contribution in [2.24, 2.45) is 0 Å². The molecule has 0 radical (unpaired) electrons. The van der Waals surface area contributed by atoms with Crippen molar-refractivity contribution >= 4 is 0 Å². The Hall–Kier alpha value is -1.42. The van der Waals surface area contributed by atoms with E-state index in [2.05, 4.69) is 5.32 Å². The second-order valence-corrected chi connectivity index (χ2v) is 4.12. The van der Waals surface area contributed by atoms with E-state index in [9.17, 15) is 0 Å². The first-order valence-electron chi connectivity index (χ1n) is 5.68. The largest absolute Gasteiger partial charge is 0.492 e. The second-order valence-electron chi connectivity index (χ2n) is 4.12. The second kappa shape index (κ2) is 4.22. The third kappa shape index (κ3) is 1.93. The molecule has 1 aromatic rings. The maximum Gasteiger partial charge on any atom is 0.231 e. The normalized spacial score (nSPS) is 22.4. The van der Waals surface area contributed by atoms with Gasteiger partial charge in [0.2, 0.25) is 6.79 Å². The fraction of sp³-hybridized carbons (Fsp3) is 0.500. The van der Waals surface area contributed by atoms with Gasteiger partial charge in [-0.05, 0) is 31.5 Å². The number of ether oxygens (including phenoxy) is 3. The summed E-state index contributed by atoms with van der Waals surface area (Å²) < 4.78 is 16.3. The Morgan fingerprint density at radius 1 is 1.31 bits per heavy atom. The van der Waals surface area contributed by atoms with E-state index >= 15 is 0 Å². The van der Waals surface area contributed by atoms with Gasteiger partial charge < -0.3 is 19.5 Å². The molecule has 0 aliphatic carbocycles. The topological polar surface area (TPSA) is 39.7 Å². The van der Waals surface area contributed by atoms with Crippen LogP contribution in [0.3, 0.4) is 0 Å². The molecular formula is C12H15NO3. The molecule has 0 spiro atoms. The fourth-order valence-electron chi connectivity index (χ4n) is 2.06. The van der Waals surface area contributed by atoms with Gasteiger partial charge >= 0.3 is 0 Å². The molecule has 0 bridgehead atoms. The van der Waals surface area contributed by atoms with Crippen LogP contribution in [0.2, 0.25) is 0 Å². The molecule has 1 fully saturated rings. The molecule has 1 aromatic carbocycles. The minimum absolute atomic E-state index is 0.308. The Balaban J connectivity index is 1.61. The van der Waals surface area contributed by atoms with E-state index in [4.69, 9.17) is 14.2 Å². The standard InChI is InChI=1S/C12H15NO3/c1-2-9(13-5-1)7-14-10-3-4-11-12(6-10)16-8-15-11/h3-4,6,9,13H,1-2,5,7-8H2. The van der Waals surface area contributed by atoms with Crippen molar-refractivity contribution in [3.05, 3.63) is 18.2 Å². The monoisotopic (exact) mass is 221 g/mol. The summed E-state index contributed by atoms with van der Waals surface area (Å²) in [5, 5.41) is 3.40. The van der Waals surface area contributed by atoms with Crippen molar-refractivity contribution in [2.75, 3.05) is 19.9 Å². The highest BCUT2D eigenvalue weighted by atomic mass is 16.7. The molecule has 3 rings (SSSR count). The number of hydrogen-bond acceptors (Lipinski definition) is 4. The van der Waals surface area contributed by atoms with Gasteiger partial charge in [0, 0.05) is 12.1 Å². The van der Waals surface area contributed by atoms with Crippen LogP contribution in [0.5, 0.6) is 17.2 Å². The average Bonchev–Trinajstić information content (AvgIpc) is 2.97. The van der Waals surface area contributed by atoms with Gasteiger partial charge in [-0.25, -0.2) is 0 Å². The summed E-state index contributed by atoms with van der Waals surface area (Å²) >= 11 is 0. The molecule has 1 atom stereocenters. The van der Waals surface area contributed by atoms with Crippen LogP contribution in [0.1, 0.15) is 12.8 Å². The molecule has 0 amide bonds. The van der Waals surface area contributed by atoms with Gasteiger partial charge in [-0.15, -0.1) is 0 Å². The highest BCUT2D eigenvalue weighted by molar-refractivity contribution is 5.46. The molecule has 2 aliphatic rings. The number of rotatable bonds is 3. The lowest BCUT2D eigenvalue weighted by molar-refractivity contribution is 0.173. The Morgan fingerprint density at radius 2 is 2.25 bits per heavy atom.